The summed E-state index contributed by atoms with van der Waals surface area (Å²) >= 11 is 0. The highest BCUT2D eigenvalue weighted by Crippen LogP contribution is 2.39. The molecule has 1 aromatic carbocycles. The highest BCUT2D eigenvalue weighted by Gasteiger charge is 2.22. The average molecular weight is 295 g/mol. The lowest BCUT2D eigenvalue weighted by atomic mass is 10.0. The van der Waals surface area contributed by atoms with Gasteiger partial charge in [0.15, 0.2) is 11.5 Å². The highest BCUT2D eigenvalue weighted by atomic mass is 16.6. The SMILES string of the molecule is CCC(CC)C(=O)Oc1c(OC)cc(C(=O)[O-])cc1OC. The molecular weight excluding hydrogens is 276 g/mol. The number of methoxy groups -OCH3 is 2. The molecule has 1 rings (SSSR count). The first-order valence-electron chi connectivity index (χ1n) is 6.67. The Bertz CT molecular complexity index is 494. The summed E-state index contributed by atoms with van der Waals surface area (Å²) in [6.45, 7) is 3.78. The maximum absolute atomic E-state index is 12.1. The number of aromatic carboxylic acids is 1. The van der Waals surface area contributed by atoms with Gasteiger partial charge in [0.1, 0.15) is 0 Å². The molecule has 21 heavy (non-hydrogen) atoms. The number of carbonyl (C=O) groups excluding carboxylic acids is 2. The predicted octanol–water partition coefficient (Wildman–Crippen LogP) is 1.41. The summed E-state index contributed by atoms with van der Waals surface area (Å²) < 4.78 is 15.5. The Morgan fingerprint density at radius 1 is 1.10 bits per heavy atom. The predicted molar refractivity (Wildman–Crippen MR) is 73.6 cm³/mol. The molecule has 0 unspecified atom stereocenters. The van der Waals surface area contributed by atoms with Crippen molar-refractivity contribution in [3.05, 3.63) is 17.7 Å². The van der Waals surface area contributed by atoms with Gasteiger partial charge in [-0.25, -0.2) is 0 Å². The molecule has 116 valence electrons. The van der Waals surface area contributed by atoms with Gasteiger partial charge in [0, 0.05) is 5.56 Å². The summed E-state index contributed by atoms with van der Waals surface area (Å²) in [5, 5.41) is 10.9. The zero-order valence-corrected chi connectivity index (χ0v) is 12.6. The van der Waals surface area contributed by atoms with E-state index in [1.165, 1.54) is 26.4 Å². The van der Waals surface area contributed by atoms with Crippen molar-refractivity contribution in [2.75, 3.05) is 14.2 Å². The fraction of sp³-hybridized carbons (Fsp3) is 0.467. The molecule has 0 fully saturated rings. The molecule has 0 saturated carbocycles. The molecule has 0 aliphatic carbocycles. The molecule has 6 nitrogen and oxygen atoms in total. The normalized spacial score (nSPS) is 10.3. The first-order valence-corrected chi connectivity index (χ1v) is 6.67. The van der Waals surface area contributed by atoms with Gasteiger partial charge in [-0.2, -0.15) is 0 Å². The van der Waals surface area contributed by atoms with Crippen LogP contribution in [0.1, 0.15) is 37.0 Å². The number of carboxylic acid groups (broad SMARTS) is 1. The van der Waals surface area contributed by atoms with Gasteiger partial charge in [0.05, 0.1) is 26.1 Å². The van der Waals surface area contributed by atoms with Crippen LogP contribution in [0.4, 0.5) is 0 Å². The Balaban J connectivity index is 3.21. The third-order valence-electron chi connectivity index (χ3n) is 3.22. The average Bonchev–Trinajstić information content (AvgIpc) is 2.48. The largest absolute Gasteiger partial charge is 0.545 e. The second-order valence-corrected chi connectivity index (χ2v) is 4.43. The Morgan fingerprint density at radius 3 is 1.90 bits per heavy atom. The first kappa shape index (κ1) is 16.8. The zero-order chi connectivity index (χ0) is 16.0. The van der Waals surface area contributed by atoms with Crippen LogP contribution in [-0.4, -0.2) is 26.2 Å². The van der Waals surface area contributed by atoms with Crippen molar-refractivity contribution in [2.24, 2.45) is 5.92 Å². The van der Waals surface area contributed by atoms with Crippen LogP contribution in [0.25, 0.3) is 0 Å². The van der Waals surface area contributed by atoms with E-state index in [-0.39, 0.29) is 28.7 Å². The Hall–Kier alpha value is -2.24. The van der Waals surface area contributed by atoms with E-state index in [2.05, 4.69) is 0 Å². The van der Waals surface area contributed by atoms with Gasteiger partial charge in [-0.15, -0.1) is 0 Å². The van der Waals surface area contributed by atoms with Crippen molar-refractivity contribution < 1.29 is 28.9 Å². The maximum Gasteiger partial charge on any atom is 0.314 e. The van der Waals surface area contributed by atoms with Crippen LogP contribution in [0.3, 0.4) is 0 Å². The lowest BCUT2D eigenvalue weighted by molar-refractivity contribution is -0.255. The minimum absolute atomic E-state index is 0.0712. The van der Waals surface area contributed by atoms with Gasteiger partial charge >= 0.3 is 5.97 Å². The maximum atomic E-state index is 12.1. The molecule has 0 heterocycles. The van der Waals surface area contributed by atoms with Crippen LogP contribution in [-0.2, 0) is 4.79 Å². The number of hydrogen-bond acceptors (Lipinski definition) is 6. The van der Waals surface area contributed by atoms with Crippen molar-refractivity contribution in [1.82, 2.24) is 0 Å². The lowest BCUT2D eigenvalue weighted by Gasteiger charge is -2.17. The molecule has 0 radical (unpaired) electrons. The number of carbonyl (C=O) groups is 2. The second-order valence-electron chi connectivity index (χ2n) is 4.43. The van der Waals surface area contributed by atoms with Crippen LogP contribution >= 0.6 is 0 Å². The smallest absolute Gasteiger partial charge is 0.314 e. The van der Waals surface area contributed by atoms with Gasteiger partial charge in [-0.1, -0.05) is 13.8 Å². The number of benzene rings is 1. The van der Waals surface area contributed by atoms with Crippen molar-refractivity contribution in [3.63, 3.8) is 0 Å². The molecule has 1 aromatic rings. The molecule has 0 aliphatic heterocycles. The summed E-state index contributed by atoms with van der Waals surface area (Å²) in [6, 6.07) is 2.46. The second kappa shape index (κ2) is 7.52. The van der Waals surface area contributed by atoms with Crippen molar-refractivity contribution in [2.45, 2.75) is 26.7 Å². The van der Waals surface area contributed by atoms with Gasteiger partial charge in [-0.3, -0.25) is 4.79 Å². The third kappa shape index (κ3) is 3.87. The van der Waals surface area contributed by atoms with E-state index in [0.717, 1.165) is 0 Å². The fourth-order valence-electron chi connectivity index (χ4n) is 1.90. The van der Waals surface area contributed by atoms with Crippen LogP contribution < -0.4 is 19.3 Å². The van der Waals surface area contributed by atoms with Gasteiger partial charge in [-0.05, 0) is 25.0 Å². The van der Waals surface area contributed by atoms with Gasteiger partial charge in [0.25, 0.3) is 0 Å². The minimum Gasteiger partial charge on any atom is -0.545 e. The Morgan fingerprint density at radius 2 is 1.57 bits per heavy atom. The van der Waals surface area contributed by atoms with Crippen molar-refractivity contribution in [3.8, 4) is 17.2 Å². The number of ether oxygens (including phenoxy) is 3. The van der Waals surface area contributed by atoms with E-state index in [9.17, 15) is 14.7 Å². The molecular formula is C15H19O6-. The van der Waals surface area contributed by atoms with Crippen LogP contribution in [0, 0.1) is 5.92 Å². The quantitative estimate of drug-likeness (QED) is 0.558. The summed E-state index contributed by atoms with van der Waals surface area (Å²) in [7, 11) is 2.70. The minimum atomic E-state index is -1.37. The molecule has 0 bridgehead atoms. The van der Waals surface area contributed by atoms with Crippen molar-refractivity contribution >= 4 is 11.9 Å². The summed E-state index contributed by atoms with van der Waals surface area (Å²) in [5.41, 5.74) is -0.119. The van der Waals surface area contributed by atoms with Gasteiger partial charge in [0.2, 0.25) is 5.75 Å². The molecule has 0 saturated heterocycles. The van der Waals surface area contributed by atoms with E-state index >= 15 is 0 Å². The summed E-state index contributed by atoms with van der Waals surface area (Å²) in [4.78, 5) is 23.0. The number of carboxylic acids is 1. The van der Waals surface area contributed by atoms with E-state index in [0.29, 0.717) is 12.8 Å². The number of rotatable bonds is 7. The molecule has 6 heteroatoms. The number of hydrogen-bond donors (Lipinski definition) is 0. The first-order chi connectivity index (χ1) is 9.98. The Kier molecular flexibility index (Phi) is 6.02. The van der Waals surface area contributed by atoms with Crippen LogP contribution in [0.15, 0.2) is 12.1 Å². The third-order valence-corrected chi connectivity index (χ3v) is 3.22. The lowest BCUT2D eigenvalue weighted by Crippen LogP contribution is -2.23. The molecule has 0 amide bonds. The zero-order valence-electron chi connectivity index (χ0n) is 12.6. The highest BCUT2D eigenvalue weighted by molar-refractivity contribution is 5.88. The van der Waals surface area contributed by atoms with E-state index < -0.39 is 11.9 Å². The summed E-state index contributed by atoms with van der Waals surface area (Å²) in [5.74, 6) is -1.73. The van der Waals surface area contributed by atoms with Crippen LogP contribution in [0.5, 0.6) is 17.2 Å². The van der Waals surface area contributed by atoms with E-state index in [4.69, 9.17) is 14.2 Å². The topological polar surface area (TPSA) is 84.9 Å². The molecule has 0 atom stereocenters. The van der Waals surface area contributed by atoms with Crippen molar-refractivity contribution in [1.29, 1.82) is 0 Å². The monoisotopic (exact) mass is 295 g/mol. The molecule has 0 N–H and O–H groups in total. The molecule has 0 aliphatic rings. The number of esters is 1. The van der Waals surface area contributed by atoms with E-state index in [1.807, 2.05) is 13.8 Å². The Labute approximate surface area is 123 Å². The molecule has 0 spiro atoms. The standard InChI is InChI=1S/C15H20O6/c1-5-9(6-2)15(18)21-13-11(19-3)7-10(14(16)17)8-12(13)20-4/h7-9H,5-6H2,1-4H3,(H,16,17)/p-1. The van der Waals surface area contributed by atoms with E-state index in [1.54, 1.807) is 0 Å². The van der Waals surface area contributed by atoms with Gasteiger partial charge < -0.3 is 24.1 Å². The van der Waals surface area contributed by atoms with Crippen LogP contribution in [0.2, 0.25) is 0 Å². The summed E-state index contributed by atoms with van der Waals surface area (Å²) in [6.07, 6.45) is 1.30. The molecule has 0 aromatic heterocycles. The fourth-order valence-corrected chi connectivity index (χ4v) is 1.90.